The van der Waals surface area contributed by atoms with Crippen molar-refractivity contribution in [2.75, 3.05) is 0 Å². The molecule has 1 unspecified atom stereocenters. The van der Waals surface area contributed by atoms with Crippen LogP contribution in [0.25, 0.3) is 0 Å². The van der Waals surface area contributed by atoms with Gasteiger partial charge in [-0.1, -0.05) is 30.7 Å². The van der Waals surface area contributed by atoms with Gasteiger partial charge < -0.3 is 5.73 Å². The molecule has 0 aliphatic rings. The lowest BCUT2D eigenvalue weighted by Gasteiger charge is -2.11. The Bertz CT molecular complexity index is 534. The van der Waals surface area contributed by atoms with Crippen LogP contribution < -0.4 is 5.73 Å². The molecule has 0 fully saturated rings. The highest BCUT2D eigenvalue weighted by Crippen LogP contribution is 2.21. The van der Waals surface area contributed by atoms with E-state index in [9.17, 15) is 0 Å². The van der Waals surface area contributed by atoms with Crippen LogP contribution >= 0.6 is 11.6 Å². The van der Waals surface area contributed by atoms with Crippen LogP contribution in [0.5, 0.6) is 0 Å². The molecule has 0 bridgehead atoms. The second-order valence-corrected chi connectivity index (χ2v) is 4.94. The standard InChI is InChI=1S/C14H18ClN3/c1-3-14-12(9-18(2)17-14)13(16)8-10-5-4-6-11(15)7-10/h4-7,9,13H,3,8,16H2,1-2H3. The summed E-state index contributed by atoms with van der Waals surface area (Å²) in [5, 5.41) is 5.17. The highest BCUT2D eigenvalue weighted by atomic mass is 35.5. The lowest BCUT2D eigenvalue weighted by Crippen LogP contribution is -2.14. The van der Waals surface area contributed by atoms with Gasteiger partial charge in [-0.25, -0.2) is 0 Å². The minimum absolute atomic E-state index is 0.0351. The van der Waals surface area contributed by atoms with Crippen LogP contribution in [0.1, 0.15) is 29.8 Å². The fourth-order valence-corrected chi connectivity index (χ4v) is 2.38. The fourth-order valence-electron chi connectivity index (χ4n) is 2.17. The van der Waals surface area contributed by atoms with Crippen molar-refractivity contribution in [1.29, 1.82) is 0 Å². The second-order valence-electron chi connectivity index (χ2n) is 4.50. The summed E-state index contributed by atoms with van der Waals surface area (Å²) in [4.78, 5) is 0. The van der Waals surface area contributed by atoms with Crippen LogP contribution in [-0.4, -0.2) is 9.78 Å². The number of hydrogen-bond donors (Lipinski definition) is 1. The van der Waals surface area contributed by atoms with E-state index >= 15 is 0 Å². The normalized spacial score (nSPS) is 12.7. The van der Waals surface area contributed by atoms with E-state index in [0.29, 0.717) is 0 Å². The maximum Gasteiger partial charge on any atom is 0.0669 e. The number of aryl methyl sites for hydroxylation is 2. The zero-order chi connectivity index (χ0) is 13.1. The average molecular weight is 264 g/mol. The van der Waals surface area contributed by atoms with Gasteiger partial charge in [0.2, 0.25) is 0 Å². The van der Waals surface area contributed by atoms with Crippen molar-refractivity contribution in [1.82, 2.24) is 9.78 Å². The van der Waals surface area contributed by atoms with Crippen molar-refractivity contribution < 1.29 is 0 Å². The molecule has 0 radical (unpaired) electrons. The van der Waals surface area contributed by atoms with Crippen LogP contribution in [0.3, 0.4) is 0 Å². The molecule has 2 rings (SSSR count). The molecule has 1 heterocycles. The molecule has 0 spiro atoms. The Hall–Kier alpha value is -1.32. The van der Waals surface area contributed by atoms with Gasteiger partial charge in [-0.05, 0) is 30.5 Å². The van der Waals surface area contributed by atoms with Crippen LogP contribution in [0.4, 0.5) is 0 Å². The van der Waals surface area contributed by atoms with E-state index < -0.39 is 0 Å². The molecule has 4 heteroatoms. The summed E-state index contributed by atoms with van der Waals surface area (Å²) in [5.74, 6) is 0. The van der Waals surface area contributed by atoms with Crippen molar-refractivity contribution in [2.45, 2.75) is 25.8 Å². The Morgan fingerprint density at radius 3 is 2.89 bits per heavy atom. The first-order valence-electron chi connectivity index (χ1n) is 6.12. The highest BCUT2D eigenvalue weighted by molar-refractivity contribution is 6.30. The molecule has 0 aliphatic carbocycles. The predicted octanol–water partition coefficient (Wildman–Crippen LogP) is 2.88. The summed E-state index contributed by atoms with van der Waals surface area (Å²) in [5.41, 5.74) is 9.62. The lowest BCUT2D eigenvalue weighted by molar-refractivity contribution is 0.711. The summed E-state index contributed by atoms with van der Waals surface area (Å²) in [6.45, 7) is 2.10. The van der Waals surface area contributed by atoms with Gasteiger partial charge in [0.15, 0.2) is 0 Å². The molecular weight excluding hydrogens is 246 g/mol. The van der Waals surface area contributed by atoms with Gasteiger partial charge in [-0.2, -0.15) is 5.10 Å². The number of hydrogen-bond acceptors (Lipinski definition) is 2. The molecule has 3 nitrogen and oxygen atoms in total. The fraction of sp³-hybridized carbons (Fsp3) is 0.357. The van der Waals surface area contributed by atoms with Crippen molar-refractivity contribution in [2.24, 2.45) is 12.8 Å². The van der Waals surface area contributed by atoms with Crippen LogP contribution in [0.15, 0.2) is 30.5 Å². The molecule has 0 saturated heterocycles. The van der Waals surface area contributed by atoms with Gasteiger partial charge in [0.25, 0.3) is 0 Å². The van der Waals surface area contributed by atoms with E-state index in [2.05, 4.69) is 12.0 Å². The van der Waals surface area contributed by atoms with Gasteiger partial charge in [0.1, 0.15) is 0 Å². The third kappa shape index (κ3) is 2.92. The maximum absolute atomic E-state index is 6.27. The SMILES string of the molecule is CCc1nn(C)cc1C(N)Cc1cccc(Cl)c1. The highest BCUT2D eigenvalue weighted by Gasteiger charge is 2.14. The Morgan fingerprint density at radius 1 is 1.44 bits per heavy atom. The minimum atomic E-state index is -0.0351. The Labute approximate surface area is 113 Å². The van der Waals surface area contributed by atoms with Gasteiger partial charge >= 0.3 is 0 Å². The summed E-state index contributed by atoms with van der Waals surface area (Å²) in [6, 6.07) is 7.80. The molecule has 0 saturated carbocycles. The third-order valence-electron chi connectivity index (χ3n) is 3.02. The number of aromatic nitrogens is 2. The Morgan fingerprint density at radius 2 is 2.22 bits per heavy atom. The summed E-state index contributed by atoms with van der Waals surface area (Å²) < 4.78 is 1.83. The zero-order valence-electron chi connectivity index (χ0n) is 10.7. The predicted molar refractivity (Wildman–Crippen MR) is 74.7 cm³/mol. The van der Waals surface area contributed by atoms with E-state index in [4.69, 9.17) is 17.3 Å². The Balaban J connectivity index is 2.18. The van der Waals surface area contributed by atoms with E-state index in [-0.39, 0.29) is 6.04 Å². The smallest absolute Gasteiger partial charge is 0.0669 e. The number of benzene rings is 1. The van der Waals surface area contributed by atoms with Gasteiger partial charge in [-0.3, -0.25) is 4.68 Å². The molecule has 0 amide bonds. The summed E-state index contributed by atoms with van der Waals surface area (Å²) in [6.07, 6.45) is 3.69. The third-order valence-corrected chi connectivity index (χ3v) is 3.25. The number of nitrogens with two attached hydrogens (primary N) is 1. The van der Waals surface area contributed by atoms with Crippen molar-refractivity contribution >= 4 is 11.6 Å². The molecule has 1 aromatic heterocycles. The molecule has 2 aromatic rings. The first kappa shape index (κ1) is 13.1. The number of halogens is 1. The van der Waals surface area contributed by atoms with E-state index in [1.54, 1.807) is 0 Å². The minimum Gasteiger partial charge on any atom is -0.324 e. The van der Waals surface area contributed by atoms with Gasteiger partial charge in [-0.15, -0.1) is 0 Å². The second kappa shape index (κ2) is 5.55. The van der Waals surface area contributed by atoms with E-state index in [1.807, 2.05) is 42.2 Å². The van der Waals surface area contributed by atoms with Crippen molar-refractivity contribution in [3.05, 3.63) is 52.3 Å². The van der Waals surface area contributed by atoms with Gasteiger partial charge in [0.05, 0.1) is 5.69 Å². The molecule has 1 aromatic carbocycles. The largest absolute Gasteiger partial charge is 0.324 e. The van der Waals surface area contributed by atoms with Crippen LogP contribution in [-0.2, 0) is 19.9 Å². The van der Waals surface area contributed by atoms with Crippen molar-refractivity contribution in [3.8, 4) is 0 Å². The first-order chi connectivity index (χ1) is 8.60. The Kier molecular flexibility index (Phi) is 4.04. The number of rotatable bonds is 4. The van der Waals surface area contributed by atoms with E-state index in [0.717, 1.165) is 34.7 Å². The lowest BCUT2D eigenvalue weighted by atomic mass is 9.99. The molecule has 1 atom stereocenters. The first-order valence-corrected chi connectivity index (χ1v) is 6.50. The molecule has 96 valence electrons. The quantitative estimate of drug-likeness (QED) is 0.922. The maximum atomic E-state index is 6.27. The molecule has 18 heavy (non-hydrogen) atoms. The average Bonchev–Trinajstić information content (AvgIpc) is 2.70. The van der Waals surface area contributed by atoms with Crippen molar-refractivity contribution in [3.63, 3.8) is 0 Å². The zero-order valence-corrected chi connectivity index (χ0v) is 11.5. The van der Waals surface area contributed by atoms with E-state index in [1.165, 1.54) is 0 Å². The summed E-state index contributed by atoms with van der Waals surface area (Å²) in [7, 11) is 1.93. The topological polar surface area (TPSA) is 43.8 Å². The molecular formula is C14H18ClN3. The van der Waals surface area contributed by atoms with Gasteiger partial charge in [0, 0.05) is 29.9 Å². The van der Waals surface area contributed by atoms with Crippen LogP contribution in [0.2, 0.25) is 5.02 Å². The monoisotopic (exact) mass is 263 g/mol. The summed E-state index contributed by atoms with van der Waals surface area (Å²) >= 11 is 5.98. The molecule has 2 N–H and O–H groups in total. The number of nitrogens with zero attached hydrogens (tertiary/aromatic N) is 2. The van der Waals surface area contributed by atoms with Crippen LogP contribution in [0, 0.1) is 0 Å². The molecule has 0 aliphatic heterocycles.